The predicted octanol–water partition coefficient (Wildman–Crippen LogP) is 1.13. The van der Waals surface area contributed by atoms with Crippen LogP contribution in [0.3, 0.4) is 0 Å². The normalized spacial score (nSPS) is 10.4. The van der Waals surface area contributed by atoms with Gasteiger partial charge in [0.1, 0.15) is 5.82 Å². The minimum absolute atomic E-state index is 0.0612. The molecule has 0 radical (unpaired) electrons. The molecule has 0 bridgehead atoms. The van der Waals surface area contributed by atoms with Crippen molar-refractivity contribution in [3.05, 3.63) is 23.8 Å². The standard InChI is InChI=1S/C13H17N5O3/c1-4-20-11-6-10(15-8(3)16-11)18-7-9(14)12(17-18)13(19)21-5-2/h6-7H,4-5,14H2,1-3H3. The van der Waals surface area contributed by atoms with Gasteiger partial charge in [-0.25, -0.2) is 14.5 Å². The van der Waals surface area contributed by atoms with Crippen molar-refractivity contribution in [3.63, 3.8) is 0 Å². The number of carbonyl (C=O) groups excluding carboxylic acids is 1. The Morgan fingerprint density at radius 3 is 2.76 bits per heavy atom. The Morgan fingerprint density at radius 2 is 2.10 bits per heavy atom. The van der Waals surface area contributed by atoms with Crippen molar-refractivity contribution in [2.24, 2.45) is 0 Å². The zero-order valence-corrected chi connectivity index (χ0v) is 12.2. The maximum atomic E-state index is 11.7. The lowest BCUT2D eigenvalue weighted by Crippen LogP contribution is -2.09. The highest BCUT2D eigenvalue weighted by molar-refractivity contribution is 5.92. The molecule has 112 valence electrons. The van der Waals surface area contributed by atoms with Gasteiger partial charge in [0.15, 0.2) is 11.5 Å². The van der Waals surface area contributed by atoms with Gasteiger partial charge in [0, 0.05) is 6.07 Å². The Hall–Kier alpha value is -2.64. The number of aromatic nitrogens is 4. The van der Waals surface area contributed by atoms with Gasteiger partial charge in [0.25, 0.3) is 0 Å². The molecule has 2 heterocycles. The molecule has 2 aromatic rings. The van der Waals surface area contributed by atoms with Gasteiger partial charge in [0.05, 0.1) is 25.1 Å². The lowest BCUT2D eigenvalue weighted by atomic mass is 10.4. The van der Waals surface area contributed by atoms with Crippen molar-refractivity contribution in [3.8, 4) is 11.7 Å². The molecule has 0 amide bonds. The number of aryl methyl sites for hydroxylation is 1. The van der Waals surface area contributed by atoms with Gasteiger partial charge in [-0.2, -0.15) is 10.1 Å². The highest BCUT2D eigenvalue weighted by atomic mass is 16.5. The summed E-state index contributed by atoms with van der Waals surface area (Å²) in [5.74, 6) is 0.868. The van der Waals surface area contributed by atoms with Crippen molar-refractivity contribution >= 4 is 11.7 Å². The van der Waals surface area contributed by atoms with Crippen molar-refractivity contribution in [2.75, 3.05) is 18.9 Å². The van der Waals surface area contributed by atoms with E-state index in [4.69, 9.17) is 15.2 Å². The summed E-state index contributed by atoms with van der Waals surface area (Å²) in [5.41, 5.74) is 6.07. The van der Waals surface area contributed by atoms with Crippen LogP contribution in [-0.2, 0) is 4.74 Å². The van der Waals surface area contributed by atoms with E-state index >= 15 is 0 Å². The molecule has 2 rings (SSSR count). The zero-order chi connectivity index (χ0) is 15.4. The Kier molecular flexibility index (Phi) is 4.36. The smallest absolute Gasteiger partial charge is 0.361 e. The molecule has 0 unspecified atom stereocenters. The summed E-state index contributed by atoms with van der Waals surface area (Å²) in [6.45, 7) is 6.07. The Morgan fingerprint density at radius 1 is 1.33 bits per heavy atom. The largest absolute Gasteiger partial charge is 0.478 e. The second kappa shape index (κ2) is 6.21. The highest BCUT2D eigenvalue weighted by Gasteiger charge is 2.17. The molecule has 0 aliphatic rings. The Bertz CT molecular complexity index is 653. The summed E-state index contributed by atoms with van der Waals surface area (Å²) < 4.78 is 11.7. The molecule has 8 heteroatoms. The molecule has 0 saturated carbocycles. The van der Waals surface area contributed by atoms with Crippen LogP contribution in [0.4, 0.5) is 5.69 Å². The molecular weight excluding hydrogens is 274 g/mol. The topological polar surface area (TPSA) is 105 Å². The van der Waals surface area contributed by atoms with Crippen LogP contribution in [0.15, 0.2) is 12.3 Å². The van der Waals surface area contributed by atoms with E-state index in [0.717, 1.165) is 0 Å². The fraction of sp³-hybridized carbons (Fsp3) is 0.385. The summed E-state index contributed by atoms with van der Waals surface area (Å²) >= 11 is 0. The predicted molar refractivity (Wildman–Crippen MR) is 75.4 cm³/mol. The van der Waals surface area contributed by atoms with Crippen LogP contribution in [0, 0.1) is 6.92 Å². The van der Waals surface area contributed by atoms with Gasteiger partial charge in [0.2, 0.25) is 5.88 Å². The van der Waals surface area contributed by atoms with Gasteiger partial charge in [-0.15, -0.1) is 0 Å². The summed E-state index contributed by atoms with van der Waals surface area (Å²) in [6, 6.07) is 1.62. The quantitative estimate of drug-likeness (QED) is 0.823. The summed E-state index contributed by atoms with van der Waals surface area (Å²) in [7, 11) is 0. The average Bonchev–Trinajstić information content (AvgIpc) is 2.81. The van der Waals surface area contributed by atoms with Crippen LogP contribution in [0.2, 0.25) is 0 Å². The van der Waals surface area contributed by atoms with Crippen LogP contribution >= 0.6 is 0 Å². The number of anilines is 1. The maximum Gasteiger partial charge on any atom is 0.361 e. The lowest BCUT2D eigenvalue weighted by molar-refractivity contribution is 0.0520. The fourth-order valence-electron chi connectivity index (χ4n) is 1.73. The van der Waals surface area contributed by atoms with Gasteiger partial charge in [-0.1, -0.05) is 0 Å². The number of hydrogen-bond donors (Lipinski definition) is 1. The van der Waals surface area contributed by atoms with E-state index in [1.54, 1.807) is 19.9 Å². The third kappa shape index (κ3) is 3.28. The molecule has 0 fully saturated rings. The van der Waals surface area contributed by atoms with Crippen LogP contribution in [0.5, 0.6) is 5.88 Å². The molecule has 0 aliphatic carbocycles. The molecule has 0 atom stereocenters. The number of esters is 1. The number of carbonyl (C=O) groups is 1. The lowest BCUT2D eigenvalue weighted by Gasteiger charge is -2.06. The molecule has 21 heavy (non-hydrogen) atoms. The van der Waals surface area contributed by atoms with E-state index in [9.17, 15) is 4.79 Å². The van der Waals surface area contributed by atoms with Gasteiger partial charge in [-0.3, -0.25) is 0 Å². The summed E-state index contributed by atoms with van der Waals surface area (Å²) in [6.07, 6.45) is 1.50. The summed E-state index contributed by atoms with van der Waals surface area (Å²) in [4.78, 5) is 20.1. The number of ether oxygens (including phenoxy) is 2. The number of hydrogen-bond acceptors (Lipinski definition) is 7. The van der Waals surface area contributed by atoms with Gasteiger partial charge in [-0.05, 0) is 20.8 Å². The van der Waals surface area contributed by atoms with E-state index in [1.165, 1.54) is 10.9 Å². The van der Waals surface area contributed by atoms with E-state index in [2.05, 4.69) is 15.1 Å². The molecule has 0 saturated heterocycles. The van der Waals surface area contributed by atoms with Crippen molar-refractivity contribution in [1.29, 1.82) is 0 Å². The molecule has 0 aromatic carbocycles. The monoisotopic (exact) mass is 291 g/mol. The van der Waals surface area contributed by atoms with Gasteiger partial charge < -0.3 is 15.2 Å². The molecule has 8 nitrogen and oxygen atoms in total. The average molecular weight is 291 g/mol. The van der Waals surface area contributed by atoms with Crippen molar-refractivity contribution in [2.45, 2.75) is 20.8 Å². The second-order valence-corrected chi connectivity index (χ2v) is 4.14. The Labute approximate surface area is 121 Å². The highest BCUT2D eigenvalue weighted by Crippen LogP contribution is 2.17. The van der Waals surface area contributed by atoms with Crippen molar-refractivity contribution < 1.29 is 14.3 Å². The van der Waals surface area contributed by atoms with Gasteiger partial charge >= 0.3 is 5.97 Å². The third-order valence-electron chi connectivity index (χ3n) is 2.54. The van der Waals surface area contributed by atoms with Crippen LogP contribution < -0.4 is 10.5 Å². The van der Waals surface area contributed by atoms with Crippen LogP contribution in [-0.4, -0.2) is 38.9 Å². The maximum absolute atomic E-state index is 11.7. The Balaban J connectivity index is 2.38. The molecular formula is C13H17N5O3. The minimum Gasteiger partial charge on any atom is -0.478 e. The van der Waals surface area contributed by atoms with E-state index in [1.807, 2.05) is 6.92 Å². The first-order valence-corrected chi connectivity index (χ1v) is 6.56. The van der Waals surface area contributed by atoms with Crippen LogP contribution in [0.25, 0.3) is 5.82 Å². The number of nitrogens with zero attached hydrogens (tertiary/aromatic N) is 4. The first-order chi connectivity index (χ1) is 10.0. The van der Waals surface area contributed by atoms with E-state index in [0.29, 0.717) is 24.1 Å². The molecule has 0 spiro atoms. The first kappa shape index (κ1) is 14.8. The first-order valence-electron chi connectivity index (χ1n) is 6.56. The number of rotatable bonds is 5. The zero-order valence-electron chi connectivity index (χ0n) is 12.2. The van der Waals surface area contributed by atoms with E-state index in [-0.39, 0.29) is 18.0 Å². The minimum atomic E-state index is -0.565. The molecule has 0 aliphatic heterocycles. The second-order valence-electron chi connectivity index (χ2n) is 4.14. The van der Waals surface area contributed by atoms with E-state index < -0.39 is 5.97 Å². The summed E-state index contributed by atoms with van der Waals surface area (Å²) in [5, 5.41) is 4.11. The third-order valence-corrected chi connectivity index (χ3v) is 2.54. The fourth-order valence-corrected chi connectivity index (χ4v) is 1.73. The van der Waals surface area contributed by atoms with Crippen LogP contribution in [0.1, 0.15) is 30.2 Å². The number of nitrogens with two attached hydrogens (primary N) is 1. The van der Waals surface area contributed by atoms with Crippen molar-refractivity contribution in [1.82, 2.24) is 19.7 Å². The SMILES string of the molecule is CCOC(=O)c1nn(-c2cc(OCC)nc(C)n2)cc1N. The molecule has 2 aromatic heterocycles. The number of nitrogen functional groups attached to an aromatic ring is 1. The molecule has 2 N–H and O–H groups in total.